The lowest BCUT2D eigenvalue weighted by atomic mass is 10.0. The van der Waals surface area contributed by atoms with Gasteiger partial charge in [-0.25, -0.2) is 4.79 Å². The normalized spacial score (nSPS) is 10.4. The van der Waals surface area contributed by atoms with Crippen molar-refractivity contribution in [1.82, 2.24) is 0 Å². The van der Waals surface area contributed by atoms with E-state index < -0.39 is 11.9 Å². The summed E-state index contributed by atoms with van der Waals surface area (Å²) >= 11 is 0. The van der Waals surface area contributed by atoms with Crippen LogP contribution in [-0.4, -0.2) is 30.8 Å². The Labute approximate surface area is 111 Å². The second-order valence-electron chi connectivity index (χ2n) is 3.72. The summed E-state index contributed by atoms with van der Waals surface area (Å²) in [5.41, 5.74) is 1.23. The third kappa shape index (κ3) is 4.83. The molecule has 0 aromatic heterocycles. The van der Waals surface area contributed by atoms with Crippen molar-refractivity contribution in [3.63, 3.8) is 0 Å². The Morgan fingerprint density at radius 3 is 2.68 bits per heavy atom. The third-order valence-corrected chi connectivity index (χ3v) is 2.38. The van der Waals surface area contributed by atoms with E-state index in [0.29, 0.717) is 23.5 Å². The number of hydrogen-bond donors (Lipinski definition) is 1. The van der Waals surface area contributed by atoms with E-state index in [-0.39, 0.29) is 6.42 Å². The van der Waals surface area contributed by atoms with E-state index in [4.69, 9.17) is 14.6 Å². The smallest absolute Gasteiger partial charge is 0.330 e. The number of hydrogen-bond acceptors (Lipinski definition) is 4. The number of carboxylic acids is 1. The molecule has 1 rings (SSSR count). The van der Waals surface area contributed by atoms with Crippen LogP contribution >= 0.6 is 0 Å². The molecule has 19 heavy (non-hydrogen) atoms. The van der Waals surface area contributed by atoms with E-state index in [2.05, 4.69) is 0 Å². The number of carbonyl (C=O) groups excluding carboxylic acids is 1. The maximum Gasteiger partial charge on any atom is 0.330 e. The average Bonchev–Trinajstić information content (AvgIpc) is 2.36. The number of ether oxygens (including phenoxy) is 2. The van der Waals surface area contributed by atoms with Gasteiger partial charge in [0, 0.05) is 6.08 Å². The zero-order valence-electron chi connectivity index (χ0n) is 10.9. The van der Waals surface area contributed by atoms with Crippen molar-refractivity contribution in [1.29, 1.82) is 0 Å². The Balaban J connectivity index is 2.98. The largest absolute Gasteiger partial charge is 0.497 e. The molecule has 1 N–H and O–H groups in total. The molecule has 5 heteroatoms. The van der Waals surface area contributed by atoms with E-state index in [1.165, 1.54) is 19.3 Å². The quantitative estimate of drug-likeness (QED) is 0.627. The predicted octanol–water partition coefficient (Wildman–Crippen LogP) is 1.90. The van der Waals surface area contributed by atoms with E-state index in [1.54, 1.807) is 25.1 Å². The van der Waals surface area contributed by atoms with Crippen molar-refractivity contribution in [2.75, 3.05) is 13.7 Å². The molecule has 102 valence electrons. The van der Waals surface area contributed by atoms with E-state index in [1.807, 2.05) is 0 Å². The predicted molar refractivity (Wildman–Crippen MR) is 70.0 cm³/mol. The minimum Gasteiger partial charge on any atom is -0.497 e. The second kappa shape index (κ2) is 7.20. The molecule has 0 amide bonds. The average molecular weight is 264 g/mol. The number of methoxy groups -OCH3 is 1. The highest BCUT2D eigenvalue weighted by Gasteiger charge is 2.07. The van der Waals surface area contributed by atoms with Gasteiger partial charge in [-0.15, -0.1) is 0 Å². The van der Waals surface area contributed by atoms with Crippen molar-refractivity contribution in [2.24, 2.45) is 0 Å². The number of esters is 1. The van der Waals surface area contributed by atoms with Crippen molar-refractivity contribution in [2.45, 2.75) is 13.3 Å². The zero-order chi connectivity index (χ0) is 14.3. The van der Waals surface area contributed by atoms with E-state index in [9.17, 15) is 9.59 Å². The molecular weight excluding hydrogens is 248 g/mol. The topological polar surface area (TPSA) is 72.8 Å². The Bertz CT molecular complexity index is 491. The van der Waals surface area contributed by atoms with Gasteiger partial charge >= 0.3 is 11.9 Å². The van der Waals surface area contributed by atoms with Gasteiger partial charge in [0.1, 0.15) is 5.75 Å². The number of benzene rings is 1. The molecule has 1 aromatic rings. The third-order valence-electron chi connectivity index (χ3n) is 2.38. The summed E-state index contributed by atoms with van der Waals surface area (Å²) in [4.78, 5) is 22.0. The lowest BCUT2D eigenvalue weighted by Gasteiger charge is -2.06. The lowest BCUT2D eigenvalue weighted by Crippen LogP contribution is -2.03. The maximum absolute atomic E-state index is 11.2. The van der Waals surface area contributed by atoms with Gasteiger partial charge in [-0.1, -0.05) is 6.07 Å². The molecule has 0 saturated heterocycles. The van der Waals surface area contributed by atoms with Gasteiger partial charge in [-0.3, -0.25) is 4.79 Å². The summed E-state index contributed by atoms with van der Waals surface area (Å²) in [7, 11) is 1.51. The molecule has 1 aromatic carbocycles. The van der Waals surface area contributed by atoms with Gasteiger partial charge in [-0.05, 0) is 36.3 Å². The molecular formula is C14H16O5. The van der Waals surface area contributed by atoms with Crippen LogP contribution in [0.15, 0.2) is 24.3 Å². The Morgan fingerprint density at radius 1 is 1.37 bits per heavy atom. The van der Waals surface area contributed by atoms with Gasteiger partial charge in [-0.2, -0.15) is 0 Å². The lowest BCUT2D eigenvalue weighted by molar-refractivity contribution is -0.137. The summed E-state index contributed by atoms with van der Waals surface area (Å²) in [6.07, 6.45) is 2.67. The highest BCUT2D eigenvalue weighted by Crippen LogP contribution is 2.19. The van der Waals surface area contributed by atoms with Gasteiger partial charge in [0.25, 0.3) is 0 Å². The summed E-state index contributed by atoms with van der Waals surface area (Å²) in [5.74, 6) is -0.830. The number of rotatable bonds is 6. The summed E-state index contributed by atoms with van der Waals surface area (Å²) in [5, 5.41) is 8.86. The molecule has 0 aliphatic carbocycles. The summed E-state index contributed by atoms with van der Waals surface area (Å²) in [6, 6.07) is 5.04. The number of aliphatic carboxylic acids is 1. The molecule has 0 unspecified atom stereocenters. The van der Waals surface area contributed by atoms with Crippen LogP contribution in [0, 0.1) is 0 Å². The monoisotopic (exact) mass is 264 g/mol. The first kappa shape index (κ1) is 14.8. The van der Waals surface area contributed by atoms with Crippen molar-refractivity contribution >= 4 is 18.0 Å². The van der Waals surface area contributed by atoms with Crippen LogP contribution < -0.4 is 4.74 Å². The molecule has 0 fully saturated rings. The molecule has 0 heterocycles. The van der Waals surface area contributed by atoms with Crippen molar-refractivity contribution in [3.05, 3.63) is 35.4 Å². The molecule has 0 aliphatic heterocycles. The molecule has 0 bridgehead atoms. The molecule has 0 aliphatic rings. The van der Waals surface area contributed by atoms with Crippen LogP contribution in [-0.2, 0) is 20.7 Å². The fraction of sp³-hybridized carbons (Fsp3) is 0.286. The minimum atomic E-state index is -0.945. The molecule has 5 nitrogen and oxygen atoms in total. The first-order chi connectivity index (χ1) is 9.06. The van der Waals surface area contributed by atoms with Gasteiger partial charge in [0.15, 0.2) is 0 Å². The van der Waals surface area contributed by atoms with Gasteiger partial charge in [0.05, 0.1) is 20.1 Å². The van der Waals surface area contributed by atoms with Gasteiger partial charge < -0.3 is 14.6 Å². The number of carboxylic acid groups (broad SMARTS) is 1. The standard InChI is InChI=1S/C14H16O5/c1-3-19-14(17)7-5-10-4-6-12(18-2)8-11(10)9-13(15)16/h4-8H,3,9H2,1-2H3,(H,15,16)/b7-5+. The number of carbonyl (C=O) groups is 2. The fourth-order valence-corrected chi connectivity index (χ4v) is 1.54. The Hall–Kier alpha value is -2.30. The molecule has 0 atom stereocenters. The summed E-state index contributed by atoms with van der Waals surface area (Å²) in [6.45, 7) is 2.02. The van der Waals surface area contributed by atoms with Gasteiger partial charge in [0.2, 0.25) is 0 Å². The van der Waals surface area contributed by atoms with Crippen LogP contribution in [0.25, 0.3) is 6.08 Å². The fourth-order valence-electron chi connectivity index (χ4n) is 1.54. The molecule has 0 spiro atoms. The van der Waals surface area contributed by atoms with Crippen LogP contribution in [0.5, 0.6) is 5.75 Å². The molecule has 0 saturated carbocycles. The first-order valence-electron chi connectivity index (χ1n) is 5.80. The van der Waals surface area contributed by atoms with Crippen LogP contribution in [0.4, 0.5) is 0 Å². The van der Waals surface area contributed by atoms with Crippen molar-refractivity contribution in [3.8, 4) is 5.75 Å². The zero-order valence-corrected chi connectivity index (χ0v) is 10.9. The Kier molecular flexibility index (Phi) is 5.60. The minimum absolute atomic E-state index is 0.139. The van der Waals surface area contributed by atoms with Crippen LogP contribution in [0.3, 0.4) is 0 Å². The van der Waals surface area contributed by atoms with Crippen molar-refractivity contribution < 1.29 is 24.2 Å². The molecule has 0 radical (unpaired) electrons. The van der Waals surface area contributed by atoms with Crippen LogP contribution in [0.2, 0.25) is 0 Å². The highest BCUT2D eigenvalue weighted by atomic mass is 16.5. The highest BCUT2D eigenvalue weighted by molar-refractivity contribution is 5.87. The maximum atomic E-state index is 11.2. The second-order valence-corrected chi connectivity index (χ2v) is 3.72. The SMILES string of the molecule is CCOC(=O)/C=C/c1ccc(OC)cc1CC(=O)O. The Morgan fingerprint density at radius 2 is 2.11 bits per heavy atom. The first-order valence-corrected chi connectivity index (χ1v) is 5.80. The van der Waals surface area contributed by atoms with E-state index in [0.717, 1.165) is 0 Å². The van der Waals surface area contributed by atoms with E-state index >= 15 is 0 Å². The van der Waals surface area contributed by atoms with Crippen LogP contribution in [0.1, 0.15) is 18.1 Å². The summed E-state index contributed by atoms with van der Waals surface area (Å²) < 4.78 is 9.81.